The third-order valence-electron chi connectivity index (χ3n) is 3.41. The number of fused-ring (bicyclic) bond motifs is 1. The quantitative estimate of drug-likeness (QED) is 0.746. The average Bonchev–Trinajstić information content (AvgIpc) is 2.84. The summed E-state index contributed by atoms with van der Waals surface area (Å²) in [6.07, 6.45) is 2.02. The van der Waals surface area contributed by atoms with E-state index in [4.69, 9.17) is 5.73 Å². The van der Waals surface area contributed by atoms with E-state index in [1.165, 1.54) is 11.1 Å². The number of nitrogens with zero attached hydrogens (tertiary/aromatic N) is 2. The highest BCUT2D eigenvalue weighted by Crippen LogP contribution is 2.27. The van der Waals surface area contributed by atoms with Gasteiger partial charge in [-0.3, -0.25) is 0 Å². The highest BCUT2D eigenvalue weighted by atomic mass is 32.2. The van der Waals surface area contributed by atoms with Crippen molar-refractivity contribution in [3.63, 3.8) is 0 Å². The van der Waals surface area contributed by atoms with Gasteiger partial charge in [-0.1, -0.05) is 42.1 Å². The summed E-state index contributed by atoms with van der Waals surface area (Å²) in [5.41, 5.74) is 10.6. The first-order valence-electron chi connectivity index (χ1n) is 6.63. The molecule has 0 bridgehead atoms. The van der Waals surface area contributed by atoms with Crippen molar-refractivity contribution in [3.8, 4) is 0 Å². The Kier molecular flexibility index (Phi) is 3.76. The van der Waals surface area contributed by atoms with Gasteiger partial charge in [-0.25, -0.2) is 4.98 Å². The summed E-state index contributed by atoms with van der Waals surface area (Å²) in [5.74, 6) is 0.920. The Morgan fingerprint density at radius 2 is 1.95 bits per heavy atom. The number of rotatable bonds is 4. The fraction of sp³-hybridized carbons (Fsp3) is 0.188. The van der Waals surface area contributed by atoms with Crippen LogP contribution < -0.4 is 5.73 Å². The normalized spacial score (nSPS) is 11.1. The van der Waals surface area contributed by atoms with Crippen molar-refractivity contribution in [2.24, 2.45) is 5.73 Å². The highest BCUT2D eigenvalue weighted by molar-refractivity contribution is 7.98. The van der Waals surface area contributed by atoms with Gasteiger partial charge in [0.15, 0.2) is 0 Å². The summed E-state index contributed by atoms with van der Waals surface area (Å²) >= 11 is 1.75. The lowest BCUT2D eigenvalue weighted by Gasteiger charge is -2.05. The van der Waals surface area contributed by atoms with Crippen molar-refractivity contribution in [1.29, 1.82) is 0 Å². The van der Waals surface area contributed by atoms with E-state index in [-0.39, 0.29) is 0 Å². The lowest BCUT2D eigenvalue weighted by Crippen LogP contribution is -2.02. The van der Waals surface area contributed by atoms with Gasteiger partial charge >= 0.3 is 0 Å². The molecule has 0 spiro atoms. The first-order valence-corrected chi connectivity index (χ1v) is 7.61. The van der Waals surface area contributed by atoms with E-state index < -0.39 is 0 Å². The molecule has 3 rings (SSSR count). The lowest BCUT2D eigenvalue weighted by molar-refractivity contribution is 0.921. The maximum absolute atomic E-state index is 5.89. The lowest BCUT2D eigenvalue weighted by atomic mass is 10.1. The summed E-state index contributed by atoms with van der Waals surface area (Å²) in [5, 5.41) is 1.03. The maximum atomic E-state index is 5.89. The van der Waals surface area contributed by atoms with Crippen LogP contribution >= 0.6 is 11.8 Å². The van der Waals surface area contributed by atoms with Crippen LogP contribution in [0.25, 0.3) is 5.65 Å². The van der Waals surface area contributed by atoms with Crippen LogP contribution in [0.5, 0.6) is 0 Å². The van der Waals surface area contributed by atoms with Crippen LogP contribution in [0.3, 0.4) is 0 Å². The highest BCUT2D eigenvalue weighted by Gasteiger charge is 2.11. The largest absolute Gasteiger partial charge is 0.325 e. The SMILES string of the molecule is Cc1ccccc1CSc1nc2ccccn2c1CN. The minimum atomic E-state index is 0.501. The smallest absolute Gasteiger partial charge is 0.138 e. The van der Waals surface area contributed by atoms with Crippen LogP contribution in [-0.2, 0) is 12.3 Å². The molecule has 3 aromatic rings. The molecule has 0 amide bonds. The Hall–Kier alpha value is -1.78. The van der Waals surface area contributed by atoms with Gasteiger partial charge in [0.2, 0.25) is 0 Å². The number of nitrogens with two attached hydrogens (primary N) is 1. The third kappa shape index (κ3) is 2.44. The fourth-order valence-corrected chi connectivity index (χ4v) is 3.37. The number of thioether (sulfide) groups is 1. The number of hydrogen-bond acceptors (Lipinski definition) is 3. The van der Waals surface area contributed by atoms with Gasteiger partial charge in [-0.2, -0.15) is 0 Å². The number of pyridine rings is 1. The molecule has 0 atom stereocenters. The minimum Gasteiger partial charge on any atom is -0.325 e. The van der Waals surface area contributed by atoms with Gasteiger partial charge in [0.05, 0.1) is 5.69 Å². The van der Waals surface area contributed by atoms with E-state index in [0.717, 1.165) is 22.1 Å². The molecule has 0 saturated carbocycles. The second-order valence-corrected chi connectivity index (χ2v) is 5.68. The first-order chi connectivity index (χ1) is 9.79. The van der Waals surface area contributed by atoms with E-state index >= 15 is 0 Å². The van der Waals surface area contributed by atoms with Crippen molar-refractivity contribution in [2.75, 3.05) is 0 Å². The van der Waals surface area contributed by atoms with Crippen LogP contribution in [0, 0.1) is 6.92 Å². The zero-order chi connectivity index (χ0) is 13.9. The van der Waals surface area contributed by atoms with Gasteiger partial charge < -0.3 is 10.1 Å². The van der Waals surface area contributed by atoms with Crippen LogP contribution in [0.1, 0.15) is 16.8 Å². The number of benzene rings is 1. The molecular weight excluding hydrogens is 266 g/mol. The molecule has 3 nitrogen and oxygen atoms in total. The molecular formula is C16H17N3S. The average molecular weight is 283 g/mol. The van der Waals surface area contributed by atoms with Gasteiger partial charge in [0.25, 0.3) is 0 Å². The van der Waals surface area contributed by atoms with Crippen LogP contribution in [0.2, 0.25) is 0 Å². The molecule has 0 fully saturated rings. The monoisotopic (exact) mass is 283 g/mol. The van der Waals surface area contributed by atoms with Gasteiger partial charge in [-0.05, 0) is 30.2 Å². The van der Waals surface area contributed by atoms with E-state index in [2.05, 4.69) is 40.6 Å². The number of imidazole rings is 1. The molecule has 0 radical (unpaired) electrons. The number of aromatic nitrogens is 2. The fourth-order valence-electron chi connectivity index (χ4n) is 2.24. The van der Waals surface area contributed by atoms with Crippen molar-refractivity contribution in [2.45, 2.75) is 24.2 Å². The first kappa shape index (κ1) is 13.2. The molecule has 0 aliphatic carbocycles. The summed E-state index contributed by atoms with van der Waals surface area (Å²) in [7, 11) is 0. The maximum Gasteiger partial charge on any atom is 0.138 e. The molecule has 0 aliphatic heterocycles. The van der Waals surface area contributed by atoms with E-state index in [0.29, 0.717) is 6.54 Å². The second-order valence-electron chi connectivity index (χ2n) is 4.71. The van der Waals surface area contributed by atoms with E-state index in [1.807, 2.05) is 24.4 Å². The molecule has 2 heterocycles. The van der Waals surface area contributed by atoms with Crippen molar-refractivity contribution in [3.05, 3.63) is 65.5 Å². The van der Waals surface area contributed by atoms with Crippen molar-refractivity contribution >= 4 is 17.4 Å². The van der Waals surface area contributed by atoms with Crippen LogP contribution in [0.4, 0.5) is 0 Å². The molecule has 4 heteroatoms. The molecule has 0 saturated heterocycles. The van der Waals surface area contributed by atoms with Crippen LogP contribution in [0.15, 0.2) is 53.7 Å². The topological polar surface area (TPSA) is 43.3 Å². The standard InChI is InChI=1S/C16H17N3S/c1-12-6-2-3-7-13(12)11-20-16-14(10-17)19-9-5-4-8-15(19)18-16/h2-9H,10-11,17H2,1H3. The Balaban J connectivity index is 1.89. The predicted molar refractivity (Wildman–Crippen MR) is 83.8 cm³/mol. The molecule has 2 aromatic heterocycles. The second kappa shape index (κ2) is 5.69. The van der Waals surface area contributed by atoms with E-state index in [9.17, 15) is 0 Å². The van der Waals surface area contributed by atoms with E-state index in [1.54, 1.807) is 11.8 Å². The zero-order valence-corrected chi connectivity index (χ0v) is 12.2. The molecule has 1 aromatic carbocycles. The summed E-state index contributed by atoms with van der Waals surface area (Å²) < 4.78 is 2.07. The van der Waals surface area contributed by atoms with Crippen molar-refractivity contribution < 1.29 is 0 Å². The zero-order valence-electron chi connectivity index (χ0n) is 11.4. The molecule has 0 aliphatic rings. The summed E-state index contributed by atoms with van der Waals surface area (Å²) in [6, 6.07) is 14.5. The van der Waals surface area contributed by atoms with Crippen molar-refractivity contribution in [1.82, 2.24) is 9.38 Å². The predicted octanol–water partition coefficient (Wildman–Crippen LogP) is 3.39. The number of aryl methyl sites for hydroxylation is 1. The molecule has 0 unspecified atom stereocenters. The molecule has 102 valence electrons. The van der Waals surface area contributed by atoms with Gasteiger partial charge in [0, 0.05) is 18.5 Å². The Labute approximate surface area is 122 Å². The Morgan fingerprint density at radius 3 is 2.75 bits per heavy atom. The Morgan fingerprint density at radius 1 is 1.15 bits per heavy atom. The molecule has 20 heavy (non-hydrogen) atoms. The molecule has 2 N–H and O–H groups in total. The Bertz CT molecular complexity index is 733. The third-order valence-corrected chi connectivity index (χ3v) is 4.47. The van der Waals surface area contributed by atoms with Gasteiger partial charge in [-0.15, -0.1) is 0 Å². The summed E-state index contributed by atoms with van der Waals surface area (Å²) in [6.45, 7) is 2.64. The van der Waals surface area contributed by atoms with Crippen LogP contribution in [-0.4, -0.2) is 9.38 Å². The minimum absolute atomic E-state index is 0.501. The van der Waals surface area contributed by atoms with Gasteiger partial charge in [0.1, 0.15) is 10.7 Å². The number of hydrogen-bond donors (Lipinski definition) is 1. The summed E-state index contributed by atoms with van der Waals surface area (Å²) in [4.78, 5) is 4.67.